The second-order valence-electron chi connectivity index (χ2n) is 7.98. The molecule has 0 spiro atoms. The van der Waals surface area contributed by atoms with Crippen molar-refractivity contribution >= 4 is 41.0 Å². The van der Waals surface area contributed by atoms with Crippen LogP contribution in [0.1, 0.15) is 51.3 Å². The predicted octanol–water partition coefficient (Wildman–Crippen LogP) is 5.85. The Bertz CT molecular complexity index is 990. The SMILES string of the molecule is CCOC(=O)C(C=NC(=S)Nc1c(CC)cccc1C(C)(C)C)=C(O)c1ccccc1. The van der Waals surface area contributed by atoms with Crippen molar-refractivity contribution in [1.29, 1.82) is 0 Å². The second kappa shape index (κ2) is 10.9. The number of hydrogen-bond donors (Lipinski definition) is 2. The quantitative estimate of drug-likeness (QED) is 0.195. The van der Waals surface area contributed by atoms with Crippen molar-refractivity contribution in [2.75, 3.05) is 11.9 Å². The number of esters is 1. The first-order valence-corrected chi connectivity index (χ1v) is 10.7. The summed E-state index contributed by atoms with van der Waals surface area (Å²) in [5.74, 6) is -0.880. The number of aliphatic hydroxyl groups is 1. The van der Waals surface area contributed by atoms with Crippen LogP contribution in [-0.2, 0) is 21.4 Å². The Morgan fingerprint density at radius 2 is 1.81 bits per heavy atom. The van der Waals surface area contributed by atoms with Gasteiger partial charge < -0.3 is 15.2 Å². The highest BCUT2D eigenvalue weighted by atomic mass is 32.1. The van der Waals surface area contributed by atoms with Crippen LogP contribution in [0, 0.1) is 0 Å². The van der Waals surface area contributed by atoms with Gasteiger partial charge in [0.05, 0.1) is 6.61 Å². The maximum Gasteiger partial charge on any atom is 0.343 e. The van der Waals surface area contributed by atoms with Gasteiger partial charge in [0, 0.05) is 17.5 Å². The first kappa shape index (κ1) is 24.3. The first-order chi connectivity index (χ1) is 14.7. The Morgan fingerprint density at radius 3 is 2.39 bits per heavy atom. The number of carbonyl (C=O) groups excluding carboxylic acids is 1. The van der Waals surface area contributed by atoms with E-state index < -0.39 is 5.97 Å². The Kier molecular flexibility index (Phi) is 8.51. The number of carbonyl (C=O) groups is 1. The second-order valence-corrected chi connectivity index (χ2v) is 8.37. The van der Waals surface area contributed by atoms with Crippen LogP contribution in [0.25, 0.3) is 5.76 Å². The van der Waals surface area contributed by atoms with Gasteiger partial charge in [0.15, 0.2) is 5.11 Å². The third kappa shape index (κ3) is 6.49. The minimum absolute atomic E-state index is 0.0583. The molecular formula is C25H30N2O3S. The van der Waals surface area contributed by atoms with Gasteiger partial charge >= 0.3 is 5.97 Å². The first-order valence-electron chi connectivity index (χ1n) is 10.3. The smallest absolute Gasteiger partial charge is 0.343 e. The molecule has 0 amide bonds. The molecule has 0 saturated carbocycles. The molecule has 0 atom stereocenters. The fourth-order valence-corrected chi connectivity index (χ4v) is 3.26. The summed E-state index contributed by atoms with van der Waals surface area (Å²) in [4.78, 5) is 16.7. The predicted molar refractivity (Wildman–Crippen MR) is 132 cm³/mol. The number of anilines is 1. The summed E-state index contributed by atoms with van der Waals surface area (Å²) < 4.78 is 5.09. The van der Waals surface area contributed by atoms with Gasteiger partial charge in [0.2, 0.25) is 0 Å². The average Bonchev–Trinajstić information content (AvgIpc) is 2.74. The van der Waals surface area contributed by atoms with E-state index in [1.165, 1.54) is 6.21 Å². The zero-order valence-corrected chi connectivity index (χ0v) is 19.5. The van der Waals surface area contributed by atoms with Crippen LogP contribution in [0.5, 0.6) is 0 Å². The summed E-state index contributed by atoms with van der Waals surface area (Å²) in [5, 5.41) is 14.0. The van der Waals surface area contributed by atoms with Crippen LogP contribution in [0.4, 0.5) is 5.69 Å². The van der Waals surface area contributed by atoms with Crippen molar-refractivity contribution < 1.29 is 14.6 Å². The molecule has 2 rings (SSSR count). The molecule has 0 aliphatic heterocycles. The molecule has 2 aromatic rings. The number of rotatable bonds is 6. The van der Waals surface area contributed by atoms with E-state index in [1.807, 2.05) is 12.1 Å². The summed E-state index contributed by atoms with van der Waals surface area (Å²) in [6.45, 7) is 10.4. The molecule has 2 N–H and O–H groups in total. The number of aliphatic hydroxyl groups excluding tert-OH is 1. The molecule has 0 heterocycles. The molecule has 31 heavy (non-hydrogen) atoms. The lowest BCUT2D eigenvalue weighted by molar-refractivity contribution is -0.137. The zero-order chi connectivity index (χ0) is 23.0. The molecule has 0 fully saturated rings. The van der Waals surface area contributed by atoms with Crippen LogP contribution >= 0.6 is 12.2 Å². The maximum atomic E-state index is 12.4. The van der Waals surface area contributed by atoms with E-state index in [9.17, 15) is 9.90 Å². The zero-order valence-electron chi connectivity index (χ0n) is 18.7. The van der Waals surface area contributed by atoms with E-state index in [0.717, 1.165) is 23.2 Å². The molecule has 0 aliphatic rings. The molecule has 0 unspecified atom stereocenters. The Hall–Kier alpha value is -2.99. The number of para-hydroxylation sites is 1. The molecule has 0 bridgehead atoms. The third-order valence-electron chi connectivity index (χ3n) is 4.68. The summed E-state index contributed by atoms with van der Waals surface area (Å²) in [6.07, 6.45) is 2.09. The normalized spacial score (nSPS) is 12.4. The Labute approximate surface area is 189 Å². The number of nitrogens with zero attached hydrogens (tertiary/aromatic N) is 1. The minimum atomic E-state index is -0.667. The summed E-state index contributed by atoms with van der Waals surface area (Å²) in [7, 11) is 0. The van der Waals surface area contributed by atoms with E-state index in [-0.39, 0.29) is 28.5 Å². The van der Waals surface area contributed by atoms with Gasteiger partial charge in [-0.15, -0.1) is 0 Å². The van der Waals surface area contributed by atoms with Gasteiger partial charge in [-0.25, -0.2) is 9.79 Å². The Balaban J connectivity index is 2.39. The number of aryl methyl sites for hydroxylation is 1. The third-order valence-corrected chi connectivity index (χ3v) is 4.89. The van der Waals surface area contributed by atoms with E-state index in [4.69, 9.17) is 17.0 Å². The fourth-order valence-electron chi connectivity index (χ4n) is 3.10. The summed E-state index contributed by atoms with van der Waals surface area (Å²) in [6, 6.07) is 14.9. The topological polar surface area (TPSA) is 70.9 Å². The molecule has 2 aromatic carbocycles. The molecule has 164 valence electrons. The summed E-state index contributed by atoms with van der Waals surface area (Å²) >= 11 is 5.43. The number of benzene rings is 2. The Morgan fingerprint density at radius 1 is 1.13 bits per heavy atom. The fraction of sp³-hybridized carbons (Fsp3) is 0.320. The largest absolute Gasteiger partial charge is 0.506 e. The number of nitrogens with one attached hydrogen (secondary N) is 1. The lowest BCUT2D eigenvalue weighted by Crippen LogP contribution is -2.19. The average molecular weight is 439 g/mol. The van der Waals surface area contributed by atoms with Crippen LogP contribution < -0.4 is 5.32 Å². The number of aliphatic imine (C=N–C) groups is 1. The lowest BCUT2D eigenvalue weighted by Gasteiger charge is -2.25. The van der Waals surface area contributed by atoms with Gasteiger partial charge in [0.1, 0.15) is 11.3 Å². The van der Waals surface area contributed by atoms with Crippen molar-refractivity contribution in [1.82, 2.24) is 0 Å². The standard InChI is InChI=1S/C25H30N2O3S/c1-6-17-14-11-15-20(25(3,4)5)21(17)27-24(31)26-16-19(23(29)30-7-2)22(28)18-12-9-8-10-13-18/h8-16,28H,6-7H2,1-5H3,(H,27,31). The van der Waals surface area contributed by atoms with Crippen molar-refractivity contribution in [3.05, 3.63) is 70.8 Å². The van der Waals surface area contributed by atoms with Crippen LogP contribution in [-0.4, -0.2) is 29.0 Å². The highest BCUT2D eigenvalue weighted by Crippen LogP contribution is 2.32. The maximum absolute atomic E-state index is 12.4. The lowest BCUT2D eigenvalue weighted by atomic mass is 9.84. The highest BCUT2D eigenvalue weighted by molar-refractivity contribution is 7.80. The van der Waals surface area contributed by atoms with Crippen molar-refractivity contribution in [2.24, 2.45) is 4.99 Å². The van der Waals surface area contributed by atoms with Crippen molar-refractivity contribution in [3.63, 3.8) is 0 Å². The molecule has 0 saturated heterocycles. The van der Waals surface area contributed by atoms with Crippen LogP contribution in [0.3, 0.4) is 0 Å². The van der Waals surface area contributed by atoms with E-state index in [2.05, 4.69) is 50.1 Å². The minimum Gasteiger partial charge on any atom is -0.506 e. The molecule has 0 aromatic heterocycles. The molecular weight excluding hydrogens is 408 g/mol. The van der Waals surface area contributed by atoms with Crippen LogP contribution in [0.15, 0.2) is 59.1 Å². The van der Waals surface area contributed by atoms with Crippen molar-refractivity contribution in [2.45, 2.75) is 46.5 Å². The molecule has 0 aliphatic carbocycles. The number of thiocarbonyl (C=S) groups is 1. The van der Waals surface area contributed by atoms with Crippen LogP contribution in [0.2, 0.25) is 0 Å². The molecule has 0 radical (unpaired) electrons. The van der Waals surface area contributed by atoms with E-state index in [0.29, 0.717) is 5.56 Å². The van der Waals surface area contributed by atoms with Gasteiger partial charge in [-0.3, -0.25) is 0 Å². The van der Waals surface area contributed by atoms with Gasteiger partial charge in [-0.05, 0) is 42.1 Å². The monoisotopic (exact) mass is 438 g/mol. The summed E-state index contributed by atoms with van der Waals surface area (Å²) in [5.41, 5.74) is 3.51. The van der Waals surface area contributed by atoms with E-state index in [1.54, 1.807) is 31.2 Å². The molecule has 5 nitrogen and oxygen atoms in total. The van der Waals surface area contributed by atoms with Crippen molar-refractivity contribution in [3.8, 4) is 0 Å². The van der Waals surface area contributed by atoms with E-state index >= 15 is 0 Å². The van der Waals surface area contributed by atoms with Gasteiger partial charge in [-0.2, -0.15) is 0 Å². The van der Waals surface area contributed by atoms with Gasteiger partial charge in [-0.1, -0.05) is 76.2 Å². The number of hydrogen-bond acceptors (Lipinski definition) is 4. The highest BCUT2D eigenvalue weighted by Gasteiger charge is 2.21. The number of ether oxygens (including phenoxy) is 1. The van der Waals surface area contributed by atoms with Gasteiger partial charge in [0.25, 0.3) is 0 Å². The molecule has 6 heteroatoms.